The first-order valence-corrected chi connectivity index (χ1v) is 10.0. The molecule has 154 valence electrons. The summed E-state index contributed by atoms with van der Waals surface area (Å²) in [6.07, 6.45) is 1.45. The number of H-pyrrole nitrogens is 1. The largest absolute Gasteiger partial charge is 0.404 e. The van der Waals surface area contributed by atoms with E-state index >= 15 is 0 Å². The number of hydrogen-bond donors (Lipinski definition) is 2. The maximum atomic E-state index is 12.9. The Morgan fingerprint density at radius 1 is 1.03 bits per heavy atom. The molecule has 7 nitrogen and oxygen atoms in total. The van der Waals surface area contributed by atoms with E-state index < -0.39 is 0 Å². The normalized spacial score (nSPS) is 11.1. The average molecular weight is 411 g/mol. The van der Waals surface area contributed by atoms with E-state index in [0.717, 1.165) is 33.2 Å². The summed E-state index contributed by atoms with van der Waals surface area (Å²) >= 11 is 0. The highest BCUT2D eigenvalue weighted by molar-refractivity contribution is 5.90. The van der Waals surface area contributed by atoms with Crippen molar-refractivity contribution in [3.8, 4) is 0 Å². The van der Waals surface area contributed by atoms with Crippen LogP contribution in [0.25, 0.3) is 21.9 Å². The monoisotopic (exact) mass is 411 g/mol. The molecule has 31 heavy (non-hydrogen) atoms. The summed E-state index contributed by atoms with van der Waals surface area (Å²) in [6, 6.07) is 21.4. The summed E-state index contributed by atoms with van der Waals surface area (Å²) in [5.41, 5.74) is 4.66. The van der Waals surface area contributed by atoms with Crippen LogP contribution in [0.1, 0.15) is 17.0 Å². The van der Waals surface area contributed by atoms with Gasteiger partial charge in [0.15, 0.2) is 5.65 Å². The van der Waals surface area contributed by atoms with Crippen molar-refractivity contribution in [2.75, 3.05) is 5.32 Å². The van der Waals surface area contributed by atoms with Crippen molar-refractivity contribution < 1.29 is 4.84 Å². The highest BCUT2D eigenvalue weighted by Crippen LogP contribution is 2.23. The van der Waals surface area contributed by atoms with Crippen molar-refractivity contribution in [3.05, 3.63) is 100 Å². The van der Waals surface area contributed by atoms with E-state index in [0.29, 0.717) is 17.9 Å². The van der Waals surface area contributed by atoms with Gasteiger partial charge in [-0.25, -0.2) is 9.97 Å². The maximum Gasteiger partial charge on any atom is 0.287 e. The number of fused-ring (bicyclic) bond motifs is 2. The molecule has 2 N–H and O–H groups in total. The maximum absolute atomic E-state index is 12.9. The minimum Gasteiger partial charge on any atom is -0.404 e. The zero-order valence-electron chi connectivity index (χ0n) is 17.0. The fraction of sp³-hybridized carbons (Fsp3) is 0.125. The second-order valence-electron chi connectivity index (χ2n) is 7.34. The number of pyridine rings is 1. The SMILES string of the molecule is Cc1ncnc2c1c(NCc1cc3ccccc3[nH]1)cc(=O)n2OCc1ccccc1. The van der Waals surface area contributed by atoms with E-state index in [-0.39, 0.29) is 12.2 Å². The number of nitrogens with one attached hydrogen (secondary N) is 2. The van der Waals surface area contributed by atoms with Gasteiger partial charge in [-0.3, -0.25) is 4.79 Å². The molecule has 0 atom stereocenters. The Morgan fingerprint density at radius 2 is 1.84 bits per heavy atom. The predicted octanol–water partition coefficient (Wildman–Crippen LogP) is 3.82. The molecule has 0 radical (unpaired) electrons. The van der Waals surface area contributed by atoms with Crippen molar-refractivity contribution in [2.24, 2.45) is 0 Å². The van der Waals surface area contributed by atoms with Gasteiger partial charge in [-0.1, -0.05) is 48.5 Å². The van der Waals surface area contributed by atoms with Crippen molar-refractivity contribution in [1.82, 2.24) is 19.7 Å². The first-order valence-electron chi connectivity index (χ1n) is 10.0. The molecule has 0 bridgehead atoms. The summed E-state index contributed by atoms with van der Waals surface area (Å²) in [5, 5.41) is 5.27. The summed E-state index contributed by atoms with van der Waals surface area (Å²) in [7, 11) is 0. The molecule has 0 spiro atoms. The van der Waals surface area contributed by atoms with Gasteiger partial charge >= 0.3 is 0 Å². The van der Waals surface area contributed by atoms with Gasteiger partial charge < -0.3 is 15.1 Å². The van der Waals surface area contributed by atoms with Crippen LogP contribution in [0.5, 0.6) is 0 Å². The summed E-state index contributed by atoms with van der Waals surface area (Å²) in [5.74, 6) is 0. The Labute approximate surface area is 178 Å². The topological polar surface area (TPSA) is 84.8 Å². The molecule has 5 aromatic rings. The molecule has 7 heteroatoms. The van der Waals surface area contributed by atoms with Crippen LogP contribution >= 0.6 is 0 Å². The Kier molecular flexibility index (Phi) is 4.84. The van der Waals surface area contributed by atoms with Crippen molar-refractivity contribution >= 4 is 27.6 Å². The van der Waals surface area contributed by atoms with Crippen LogP contribution in [-0.4, -0.2) is 19.7 Å². The molecule has 0 aliphatic heterocycles. The van der Waals surface area contributed by atoms with Gasteiger partial charge in [-0.15, -0.1) is 4.73 Å². The number of nitrogens with zero attached hydrogens (tertiary/aromatic N) is 3. The van der Waals surface area contributed by atoms with Crippen molar-refractivity contribution in [1.29, 1.82) is 0 Å². The van der Waals surface area contributed by atoms with Gasteiger partial charge in [-0.05, 0) is 30.0 Å². The number of aromatic amines is 1. The lowest BCUT2D eigenvalue weighted by atomic mass is 10.2. The van der Waals surface area contributed by atoms with E-state index in [1.807, 2.05) is 55.5 Å². The fourth-order valence-electron chi connectivity index (χ4n) is 3.69. The number of para-hydroxylation sites is 1. The van der Waals surface area contributed by atoms with Gasteiger partial charge in [0.1, 0.15) is 12.9 Å². The van der Waals surface area contributed by atoms with E-state index in [4.69, 9.17) is 4.84 Å². The quantitative estimate of drug-likeness (QED) is 0.444. The third kappa shape index (κ3) is 3.73. The van der Waals surface area contributed by atoms with Crippen LogP contribution in [0.2, 0.25) is 0 Å². The molecule has 5 rings (SSSR count). The van der Waals surface area contributed by atoms with Gasteiger partial charge in [0.05, 0.1) is 23.3 Å². The summed E-state index contributed by atoms with van der Waals surface area (Å²) < 4.78 is 1.24. The van der Waals surface area contributed by atoms with E-state index in [1.54, 1.807) is 0 Å². The average Bonchev–Trinajstić information content (AvgIpc) is 3.21. The molecule has 0 aliphatic rings. The molecule has 3 heterocycles. The lowest BCUT2D eigenvalue weighted by Gasteiger charge is -2.15. The van der Waals surface area contributed by atoms with Crippen molar-refractivity contribution in [3.63, 3.8) is 0 Å². The van der Waals surface area contributed by atoms with Crippen LogP contribution in [0, 0.1) is 6.92 Å². The van der Waals surface area contributed by atoms with E-state index in [2.05, 4.69) is 32.4 Å². The molecule has 0 aliphatic carbocycles. The number of rotatable bonds is 6. The fourth-order valence-corrected chi connectivity index (χ4v) is 3.69. The highest BCUT2D eigenvalue weighted by atomic mass is 16.7. The molecule has 2 aromatic carbocycles. The molecule has 3 aromatic heterocycles. The Morgan fingerprint density at radius 3 is 2.68 bits per heavy atom. The van der Waals surface area contributed by atoms with Gasteiger partial charge in [0.2, 0.25) is 0 Å². The molecule has 0 amide bonds. The zero-order chi connectivity index (χ0) is 21.2. The number of aromatic nitrogens is 4. The van der Waals surface area contributed by atoms with Crippen LogP contribution in [0.15, 0.2) is 77.9 Å². The van der Waals surface area contributed by atoms with Crippen LogP contribution in [0.3, 0.4) is 0 Å². The Bertz CT molecular complexity index is 1390. The highest BCUT2D eigenvalue weighted by Gasteiger charge is 2.14. The van der Waals surface area contributed by atoms with Crippen LogP contribution < -0.4 is 15.7 Å². The second kappa shape index (κ2) is 7.95. The number of anilines is 1. The smallest absolute Gasteiger partial charge is 0.287 e. The summed E-state index contributed by atoms with van der Waals surface area (Å²) in [6.45, 7) is 2.69. The second-order valence-corrected chi connectivity index (χ2v) is 7.34. The van der Waals surface area contributed by atoms with Gasteiger partial charge in [0.25, 0.3) is 5.56 Å². The first-order chi connectivity index (χ1) is 15.2. The minimum absolute atomic E-state index is 0.265. The minimum atomic E-state index is -0.291. The Balaban J connectivity index is 1.48. The van der Waals surface area contributed by atoms with E-state index in [1.165, 1.54) is 17.1 Å². The van der Waals surface area contributed by atoms with Gasteiger partial charge in [0, 0.05) is 17.3 Å². The number of aryl methyl sites for hydroxylation is 1. The number of benzene rings is 2. The standard InChI is InChI=1S/C24H21N5O2/c1-16-23-21(25-13-19-11-18-9-5-6-10-20(18)28-19)12-22(30)29(24(23)27-15-26-16)31-14-17-7-3-2-4-8-17/h2-12,15,25,28H,13-14H2,1H3. The zero-order valence-corrected chi connectivity index (χ0v) is 17.0. The predicted molar refractivity (Wildman–Crippen MR) is 121 cm³/mol. The third-order valence-electron chi connectivity index (χ3n) is 5.20. The number of hydrogen-bond acceptors (Lipinski definition) is 5. The molecule has 0 unspecified atom stereocenters. The van der Waals surface area contributed by atoms with Crippen LogP contribution in [-0.2, 0) is 13.2 Å². The van der Waals surface area contributed by atoms with Gasteiger partial charge in [-0.2, -0.15) is 0 Å². The van der Waals surface area contributed by atoms with Crippen LogP contribution in [0.4, 0.5) is 5.69 Å². The molecule has 0 fully saturated rings. The third-order valence-corrected chi connectivity index (χ3v) is 5.20. The van der Waals surface area contributed by atoms with Crippen molar-refractivity contribution in [2.45, 2.75) is 20.1 Å². The molecular weight excluding hydrogens is 390 g/mol. The lowest BCUT2D eigenvalue weighted by Crippen LogP contribution is -2.28. The van der Waals surface area contributed by atoms with E-state index in [9.17, 15) is 4.79 Å². The molecule has 0 saturated heterocycles. The first kappa shape index (κ1) is 18.9. The molecular formula is C24H21N5O2. The summed E-state index contributed by atoms with van der Waals surface area (Å²) in [4.78, 5) is 30.7. The Hall–Kier alpha value is -4.13. The molecule has 0 saturated carbocycles. The lowest BCUT2D eigenvalue weighted by molar-refractivity contribution is 0.0979.